The number of carbonyl (C=O) groups excluding carboxylic acids is 6. The summed E-state index contributed by atoms with van der Waals surface area (Å²) in [6.07, 6.45) is 22.1. The number of ether oxygens (including phenoxy) is 1. The van der Waals surface area contributed by atoms with E-state index in [1.165, 1.54) is 142 Å². The molecule has 104 heavy (non-hydrogen) atoms. The van der Waals surface area contributed by atoms with E-state index in [-0.39, 0.29) is 75.8 Å². The van der Waals surface area contributed by atoms with Gasteiger partial charge in [0, 0.05) is 52.4 Å². The summed E-state index contributed by atoms with van der Waals surface area (Å²) in [6.45, 7) is 37.6. The molecule has 16 heteroatoms. The summed E-state index contributed by atoms with van der Waals surface area (Å²) >= 11 is 0. The lowest BCUT2D eigenvalue weighted by molar-refractivity contribution is -0.140. The summed E-state index contributed by atoms with van der Waals surface area (Å²) in [5.41, 5.74) is 12.7. The Bertz CT molecular complexity index is 3540. The van der Waals surface area contributed by atoms with Gasteiger partial charge in [0.2, 0.25) is 17.7 Å². The fraction of sp³-hybridized carbons (Fsp3) is 0.659. The van der Waals surface area contributed by atoms with Crippen molar-refractivity contribution in [3.05, 3.63) is 142 Å². The number of ketones is 1. The fourth-order valence-corrected chi connectivity index (χ4v) is 18.4. The zero-order chi connectivity index (χ0) is 75.3. The Labute approximate surface area is 632 Å². The molecule has 0 saturated carbocycles. The molecule has 0 bridgehead atoms. The van der Waals surface area contributed by atoms with Crippen LogP contribution in [-0.4, -0.2) is 160 Å². The first-order chi connectivity index (χ1) is 49.2. The van der Waals surface area contributed by atoms with Gasteiger partial charge >= 0.3 is 12.0 Å². The summed E-state index contributed by atoms with van der Waals surface area (Å²) < 4.78 is 4.72. The second-order valence-electron chi connectivity index (χ2n) is 36.1. The van der Waals surface area contributed by atoms with Crippen molar-refractivity contribution in [2.45, 2.75) is 257 Å². The number of fused-ring (bicyclic) bond motifs is 8. The SMILES string of the molecule is CC(=O)N[C@H]1CCC2(CCN(CC(=O)C(C)(C)C)CC2)c2ccccc21.CC(=O)N[C@H]1CCC2(CCN(CCC(C)(C)C)CC2)c2ccccc21.CN(C)C(=O)N[C@H]1CCC2(CCN(CCC(C)(C)C)CC2)c2ccccc21.COC(=O)CCCN1CCC2(CC[C@H](NC(C)=O)c3ccccc32)CC1.[HH].[HH].[HH].[HH]. The molecule has 4 atom stereocenters. The molecule has 580 valence electrons. The molecule has 4 aliphatic heterocycles. The number of benzene rings is 4. The van der Waals surface area contributed by atoms with Gasteiger partial charge in [0.05, 0.1) is 37.8 Å². The molecule has 4 spiro atoms. The lowest BCUT2D eigenvalue weighted by atomic mass is 9.63. The van der Waals surface area contributed by atoms with E-state index in [0.717, 1.165) is 103 Å². The van der Waals surface area contributed by atoms with Crippen molar-refractivity contribution in [2.75, 3.05) is 99.7 Å². The first-order valence-corrected chi connectivity index (χ1v) is 39.9. The van der Waals surface area contributed by atoms with Crippen LogP contribution in [0.4, 0.5) is 4.79 Å². The number of likely N-dealkylation sites (tertiary alicyclic amines) is 4. The van der Waals surface area contributed by atoms with Crippen LogP contribution in [0.5, 0.6) is 0 Å². The van der Waals surface area contributed by atoms with Crippen molar-refractivity contribution >= 4 is 35.5 Å². The summed E-state index contributed by atoms with van der Waals surface area (Å²) in [5, 5.41) is 12.6. The number of nitrogens with one attached hydrogen (secondary N) is 4. The fourth-order valence-electron chi connectivity index (χ4n) is 18.4. The van der Waals surface area contributed by atoms with Crippen molar-refractivity contribution in [2.24, 2.45) is 16.2 Å². The van der Waals surface area contributed by atoms with Gasteiger partial charge in [0.25, 0.3) is 0 Å². The molecule has 4 aromatic carbocycles. The number of piperidine rings is 4. The molecule has 8 aliphatic rings. The van der Waals surface area contributed by atoms with Crippen molar-refractivity contribution in [1.82, 2.24) is 45.8 Å². The van der Waals surface area contributed by atoms with E-state index >= 15 is 0 Å². The van der Waals surface area contributed by atoms with Crippen LogP contribution in [0, 0.1) is 16.2 Å². The average molecular weight is 1440 g/mol. The monoisotopic (exact) mass is 1440 g/mol. The molecule has 12 rings (SSSR count). The summed E-state index contributed by atoms with van der Waals surface area (Å²) in [6, 6.07) is 35.5. The maximum Gasteiger partial charge on any atom is 0.317 e. The van der Waals surface area contributed by atoms with E-state index in [0.29, 0.717) is 40.4 Å². The number of nitrogens with zero attached hydrogens (tertiary/aromatic N) is 5. The third-order valence-corrected chi connectivity index (χ3v) is 25.0. The minimum absolute atomic E-state index is 0. The van der Waals surface area contributed by atoms with Crippen LogP contribution in [0.25, 0.3) is 0 Å². The van der Waals surface area contributed by atoms with E-state index in [4.69, 9.17) is 4.74 Å². The molecule has 4 N–H and O–H groups in total. The average Bonchev–Trinajstić information content (AvgIpc) is 0.777. The molecule has 4 aromatic rings. The van der Waals surface area contributed by atoms with Crippen LogP contribution in [0.2, 0.25) is 0 Å². The molecule has 4 heterocycles. The first-order valence-electron chi connectivity index (χ1n) is 39.9. The molecular weight excluding hydrogens is 1300 g/mol. The standard InChI is InChI=1S/C23H37N3O.C22H32N2O2.C22H34N2O.C21H30N2O3.4H2/c1-22(2,3)12-15-26-16-13-23(14-17-26)11-10-20(24-21(27)25(4)5)18-8-6-7-9-19(18)23;1-16(25)23-19-9-10-22(18-8-6-5-7-17(18)19)11-13-24(14-12-22)15-20(26)21(2,3)4;1-17(25)23-20-9-10-22(19-8-6-5-7-18(19)20)12-15-24(16-13-22)14-11-21(2,3)4;1-16(24)22-19-9-10-21(18-7-4-3-6-17(18)19)11-14-23(15-12-21)13-5-8-20(25)26-2;;;;/h6-9,20H,10-17H2,1-5H3,(H,24,27);5-8,19H,9-15H2,1-4H3,(H,23,25);5-8,20H,9-16H2,1-4H3,(H,23,25);3-4,6-7,19H,5,8-15H2,1-2H3,(H,22,24);4*1H/t20-;19-;20-;19-;;;;/m0000..../s1. The molecule has 4 fully saturated rings. The lowest BCUT2D eigenvalue weighted by Crippen LogP contribution is -2.48. The molecule has 16 nitrogen and oxygen atoms in total. The molecular formula is C88H141N9O7. The number of hydrogen-bond acceptors (Lipinski definition) is 11. The van der Waals surface area contributed by atoms with Gasteiger partial charge in [-0.15, -0.1) is 0 Å². The highest BCUT2D eigenvalue weighted by Gasteiger charge is 2.47. The zero-order valence-corrected chi connectivity index (χ0v) is 66.8. The van der Waals surface area contributed by atoms with Crippen molar-refractivity contribution in [1.29, 1.82) is 0 Å². The van der Waals surface area contributed by atoms with Gasteiger partial charge in [-0.2, -0.15) is 0 Å². The Morgan fingerprint density at radius 1 is 0.423 bits per heavy atom. The van der Waals surface area contributed by atoms with Crippen LogP contribution >= 0.6 is 0 Å². The second kappa shape index (κ2) is 35.5. The van der Waals surface area contributed by atoms with Gasteiger partial charge in [0.1, 0.15) is 0 Å². The number of Topliss-reactive ketones (excluding diaryl/α,β-unsaturated/α-hetero) is 1. The summed E-state index contributed by atoms with van der Waals surface area (Å²) in [4.78, 5) is 82.2. The highest BCUT2D eigenvalue weighted by Crippen LogP contribution is 2.52. The third kappa shape index (κ3) is 21.4. The molecule has 4 aliphatic carbocycles. The maximum atomic E-state index is 12.4. The molecule has 0 unspecified atom stereocenters. The van der Waals surface area contributed by atoms with E-state index in [1.807, 2.05) is 20.8 Å². The number of hydrogen-bond donors (Lipinski definition) is 4. The molecule has 4 saturated heterocycles. The smallest absolute Gasteiger partial charge is 0.317 e. The molecule has 0 radical (unpaired) electrons. The van der Waals surface area contributed by atoms with Crippen LogP contribution in [-0.2, 0) is 50.4 Å². The number of urea groups is 1. The Morgan fingerprint density at radius 2 is 0.702 bits per heavy atom. The van der Waals surface area contributed by atoms with Crippen molar-refractivity contribution < 1.29 is 39.2 Å². The minimum atomic E-state index is -0.266. The number of amides is 5. The number of rotatable bonds is 14. The number of methoxy groups -OCH3 is 1. The number of esters is 1. The van der Waals surface area contributed by atoms with Crippen molar-refractivity contribution in [3.8, 4) is 0 Å². The number of carbonyl (C=O) groups is 6. The Hall–Kier alpha value is -6.46. The highest BCUT2D eigenvalue weighted by atomic mass is 16.5. The van der Waals surface area contributed by atoms with E-state index in [2.05, 4.69) is 179 Å². The van der Waals surface area contributed by atoms with E-state index in [1.54, 1.807) is 39.8 Å². The maximum absolute atomic E-state index is 12.4. The Morgan fingerprint density at radius 3 is 0.971 bits per heavy atom. The van der Waals surface area contributed by atoms with Crippen LogP contribution in [0.15, 0.2) is 97.1 Å². The third-order valence-electron chi connectivity index (χ3n) is 25.0. The van der Waals surface area contributed by atoms with Gasteiger partial charge in [0.15, 0.2) is 5.78 Å². The lowest BCUT2D eigenvalue weighted by Gasteiger charge is -2.47. The molecule has 5 amide bonds. The van der Waals surface area contributed by atoms with E-state index in [9.17, 15) is 28.8 Å². The van der Waals surface area contributed by atoms with Crippen LogP contribution < -0.4 is 21.3 Å². The van der Waals surface area contributed by atoms with Crippen LogP contribution in [0.1, 0.15) is 286 Å². The summed E-state index contributed by atoms with van der Waals surface area (Å²) in [7, 11) is 5.06. The predicted octanol–water partition coefficient (Wildman–Crippen LogP) is 16.5. The summed E-state index contributed by atoms with van der Waals surface area (Å²) in [5.74, 6) is 0.358. The van der Waals surface area contributed by atoms with Gasteiger partial charge < -0.3 is 45.6 Å². The normalized spacial score (nSPS) is 22.5. The minimum Gasteiger partial charge on any atom is -0.469 e. The van der Waals surface area contributed by atoms with Crippen LogP contribution in [0.3, 0.4) is 0 Å². The highest BCUT2D eigenvalue weighted by molar-refractivity contribution is 5.85. The van der Waals surface area contributed by atoms with Gasteiger partial charge in [-0.3, -0.25) is 28.9 Å². The second-order valence-corrected chi connectivity index (χ2v) is 36.1. The Balaban J connectivity index is 0.000000255. The largest absolute Gasteiger partial charge is 0.469 e. The van der Waals surface area contributed by atoms with Gasteiger partial charge in [-0.25, -0.2) is 4.79 Å². The zero-order valence-electron chi connectivity index (χ0n) is 66.8. The van der Waals surface area contributed by atoms with Crippen molar-refractivity contribution in [3.63, 3.8) is 0 Å². The van der Waals surface area contributed by atoms with E-state index < -0.39 is 0 Å². The first kappa shape index (κ1) is 81.6. The van der Waals surface area contributed by atoms with Gasteiger partial charge in [-0.05, 0) is 271 Å². The van der Waals surface area contributed by atoms with Gasteiger partial charge in [-0.1, -0.05) is 159 Å². The Kier molecular flexibility index (Phi) is 27.9. The topological polar surface area (TPSA) is 176 Å². The predicted molar refractivity (Wildman–Crippen MR) is 429 cm³/mol. The quantitative estimate of drug-likeness (QED) is 0.0884. The molecule has 0 aromatic heterocycles.